The number of carbonyl (C=O) groups excluding carboxylic acids is 1. The number of amides is 1. The first-order valence-corrected chi connectivity index (χ1v) is 7.92. The molecular weight excluding hydrogens is 294 g/mol. The summed E-state index contributed by atoms with van der Waals surface area (Å²) in [5.74, 6) is -0.0947. The standard InChI is InChI=1S/C12H17N5O3S/c1-9-10(17-7-4-5-14-12(17)15-9)11(18)13-6-8-21(19,20)16(2)3/h4-5,7H,6,8H2,1-3H3,(H,13,18). The summed E-state index contributed by atoms with van der Waals surface area (Å²) in [5.41, 5.74) is 0.905. The van der Waals surface area contributed by atoms with Crippen LogP contribution in [0.4, 0.5) is 0 Å². The van der Waals surface area contributed by atoms with Crippen LogP contribution in [0, 0.1) is 6.92 Å². The quantitative estimate of drug-likeness (QED) is 0.815. The zero-order chi connectivity index (χ0) is 15.6. The molecule has 0 saturated carbocycles. The molecule has 0 aliphatic carbocycles. The summed E-state index contributed by atoms with van der Waals surface area (Å²) < 4.78 is 26.0. The Morgan fingerprint density at radius 3 is 2.81 bits per heavy atom. The van der Waals surface area contributed by atoms with Crippen LogP contribution in [-0.4, -0.2) is 59.4 Å². The number of hydrogen-bond donors (Lipinski definition) is 1. The molecule has 0 spiro atoms. The fourth-order valence-electron chi connectivity index (χ4n) is 1.83. The molecule has 114 valence electrons. The highest BCUT2D eigenvalue weighted by Gasteiger charge is 2.18. The molecule has 0 aromatic carbocycles. The van der Waals surface area contributed by atoms with Gasteiger partial charge in [0.2, 0.25) is 15.8 Å². The molecule has 0 bridgehead atoms. The maximum absolute atomic E-state index is 12.2. The summed E-state index contributed by atoms with van der Waals surface area (Å²) in [7, 11) is -0.420. The average molecular weight is 311 g/mol. The minimum atomic E-state index is -3.33. The molecule has 2 aromatic heterocycles. The normalized spacial score (nSPS) is 12.0. The van der Waals surface area contributed by atoms with Gasteiger partial charge in [-0.3, -0.25) is 9.20 Å². The van der Waals surface area contributed by atoms with Crippen molar-refractivity contribution >= 4 is 21.7 Å². The third kappa shape index (κ3) is 3.19. The van der Waals surface area contributed by atoms with E-state index in [9.17, 15) is 13.2 Å². The molecule has 9 heteroatoms. The molecule has 0 aliphatic rings. The van der Waals surface area contributed by atoms with Gasteiger partial charge in [0, 0.05) is 33.0 Å². The van der Waals surface area contributed by atoms with Crippen LogP contribution >= 0.6 is 0 Å². The molecule has 1 amide bonds. The summed E-state index contributed by atoms with van der Waals surface area (Å²) in [6.45, 7) is 1.74. The van der Waals surface area contributed by atoms with Gasteiger partial charge in [0.25, 0.3) is 5.91 Å². The Kier molecular flexibility index (Phi) is 4.24. The van der Waals surface area contributed by atoms with E-state index in [2.05, 4.69) is 15.3 Å². The monoisotopic (exact) mass is 311 g/mol. The number of nitrogens with one attached hydrogen (secondary N) is 1. The van der Waals surface area contributed by atoms with Crippen LogP contribution in [0.1, 0.15) is 16.2 Å². The van der Waals surface area contributed by atoms with Gasteiger partial charge >= 0.3 is 0 Å². The van der Waals surface area contributed by atoms with E-state index in [1.54, 1.807) is 29.8 Å². The number of imidazole rings is 1. The Morgan fingerprint density at radius 1 is 1.43 bits per heavy atom. The van der Waals surface area contributed by atoms with Crippen molar-refractivity contribution in [2.75, 3.05) is 26.4 Å². The highest BCUT2D eigenvalue weighted by atomic mass is 32.2. The molecule has 0 atom stereocenters. The second-order valence-electron chi connectivity index (χ2n) is 4.69. The molecule has 2 aromatic rings. The van der Waals surface area contributed by atoms with Crippen LogP contribution in [-0.2, 0) is 10.0 Å². The fraction of sp³-hybridized carbons (Fsp3) is 0.417. The minimum absolute atomic E-state index is 0.0340. The van der Waals surface area contributed by atoms with E-state index in [0.717, 1.165) is 4.31 Å². The second kappa shape index (κ2) is 5.78. The van der Waals surface area contributed by atoms with Crippen molar-refractivity contribution in [3.8, 4) is 0 Å². The van der Waals surface area contributed by atoms with Crippen LogP contribution in [0.15, 0.2) is 18.5 Å². The summed E-state index contributed by atoms with van der Waals surface area (Å²) in [6.07, 6.45) is 3.28. The van der Waals surface area contributed by atoms with Crippen LogP contribution in [0.5, 0.6) is 0 Å². The highest BCUT2D eigenvalue weighted by molar-refractivity contribution is 7.89. The number of hydrogen-bond acceptors (Lipinski definition) is 5. The first-order chi connectivity index (χ1) is 9.83. The van der Waals surface area contributed by atoms with Crippen molar-refractivity contribution in [2.24, 2.45) is 0 Å². The maximum Gasteiger partial charge on any atom is 0.270 e. The van der Waals surface area contributed by atoms with E-state index in [-0.39, 0.29) is 18.2 Å². The topological polar surface area (TPSA) is 96.7 Å². The summed E-state index contributed by atoms with van der Waals surface area (Å²) in [6, 6.07) is 1.70. The van der Waals surface area contributed by atoms with Gasteiger partial charge in [0.15, 0.2) is 0 Å². The molecule has 2 rings (SSSR count). The van der Waals surface area contributed by atoms with Gasteiger partial charge in [-0.1, -0.05) is 0 Å². The zero-order valence-corrected chi connectivity index (χ0v) is 12.9. The van der Waals surface area contributed by atoms with Gasteiger partial charge in [-0.15, -0.1) is 0 Å². The predicted octanol–water partition coefficient (Wildman–Crippen LogP) is -0.341. The van der Waals surface area contributed by atoms with Crippen LogP contribution in [0.2, 0.25) is 0 Å². The Balaban J connectivity index is 2.12. The molecule has 0 saturated heterocycles. The van der Waals surface area contributed by atoms with E-state index in [4.69, 9.17) is 0 Å². The van der Waals surface area contributed by atoms with Gasteiger partial charge in [0.05, 0.1) is 11.4 Å². The van der Waals surface area contributed by atoms with Gasteiger partial charge < -0.3 is 5.32 Å². The lowest BCUT2D eigenvalue weighted by molar-refractivity contribution is 0.0949. The van der Waals surface area contributed by atoms with Crippen molar-refractivity contribution < 1.29 is 13.2 Å². The number of aryl methyl sites for hydroxylation is 1. The Morgan fingerprint density at radius 2 is 2.14 bits per heavy atom. The van der Waals surface area contributed by atoms with E-state index in [1.165, 1.54) is 14.1 Å². The van der Waals surface area contributed by atoms with Crippen molar-refractivity contribution in [3.63, 3.8) is 0 Å². The number of nitrogens with zero attached hydrogens (tertiary/aromatic N) is 4. The van der Waals surface area contributed by atoms with E-state index >= 15 is 0 Å². The van der Waals surface area contributed by atoms with Crippen molar-refractivity contribution in [1.82, 2.24) is 24.0 Å². The second-order valence-corrected chi connectivity index (χ2v) is 6.99. The number of carbonyl (C=O) groups is 1. The minimum Gasteiger partial charge on any atom is -0.350 e. The van der Waals surface area contributed by atoms with Crippen molar-refractivity contribution in [3.05, 3.63) is 29.8 Å². The van der Waals surface area contributed by atoms with Crippen LogP contribution in [0.3, 0.4) is 0 Å². The number of fused-ring (bicyclic) bond motifs is 1. The third-order valence-corrected chi connectivity index (χ3v) is 4.83. The Labute approximate surface area is 122 Å². The van der Waals surface area contributed by atoms with E-state index in [1.807, 2.05) is 0 Å². The molecule has 2 heterocycles. The number of rotatable bonds is 5. The first kappa shape index (κ1) is 15.4. The number of sulfonamides is 1. The third-order valence-electron chi connectivity index (χ3n) is 2.99. The van der Waals surface area contributed by atoms with Gasteiger partial charge in [-0.05, 0) is 13.0 Å². The van der Waals surface area contributed by atoms with Crippen molar-refractivity contribution in [1.29, 1.82) is 0 Å². The average Bonchev–Trinajstić information content (AvgIpc) is 2.74. The molecule has 0 fully saturated rings. The van der Waals surface area contributed by atoms with Crippen molar-refractivity contribution in [2.45, 2.75) is 6.92 Å². The fourth-order valence-corrected chi connectivity index (χ4v) is 2.56. The van der Waals surface area contributed by atoms with Gasteiger partial charge in [-0.2, -0.15) is 0 Å². The van der Waals surface area contributed by atoms with E-state index in [0.29, 0.717) is 17.2 Å². The lowest BCUT2D eigenvalue weighted by Crippen LogP contribution is -2.34. The molecular formula is C12H17N5O3S. The van der Waals surface area contributed by atoms with Gasteiger partial charge in [-0.25, -0.2) is 22.7 Å². The summed E-state index contributed by atoms with van der Waals surface area (Å²) in [4.78, 5) is 20.4. The lowest BCUT2D eigenvalue weighted by Gasteiger charge is -2.11. The first-order valence-electron chi connectivity index (χ1n) is 6.31. The summed E-state index contributed by atoms with van der Waals surface area (Å²) >= 11 is 0. The maximum atomic E-state index is 12.2. The smallest absolute Gasteiger partial charge is 0.270 e. The molecule has 1 N–H and O–H groups in total. The lowest BCUT2D eigenvalue weighted by atomic mass is 10.3. The van der Waals surface area contributed by atoms with Crippen LogP contribution < -0.4 is 5.32 Å². The molecule has 8 nitrogen and oxygen atoms in total. The van der Waals surface area contributed by atoms with Crippen LogP contribution in [0.25, 0.3) is 5.78 Å². The molecule has 21 heavy (non-hydrogen) atoms. The van der Waals surface area contributed by atoms with E-state index < -0.39 is 10.0 Å². The summed E-state index contributed by atoms with van der Waals surface area (Å²) in [5, 5.41) is 2.60. The predicted molar refractivity (Wildman–Crippen MR) is 77.5 cm³/mol. The Bertz CT molecular complexity index is 766. The molecule has 0 radical (unpaired) electrons. The zero-order valence-electron chi connectivity index (χ0n) is 12.1. The highest BCUT2D eigenvalue weighted by Crippen LogP contribution is 2.09. The van der Waals surface area contributed by atoms with Gasteiger partial charge in [0.1, 0.15) is 5.69 Å². The SMILES string of the molecule is Cc1nc2ncccn2c1C(=O)NCCS(=O)(=O)N(C)C. The Hall–Kier alpha value is -2.00. The molecule has 0 aliphatic heterocycles. The number of aromatic nitrogens is 3. The molecule has 0 unspecified atom stereocenters. The largest absolute Gasteiger partial charge is 0.350 e.